The van der Waals surface area contributed by atoms with E-state index in [-0.39, 0.29) is 23.4 Å². The van der Waals surface area contributed by atoms with Gasteiger partial charge in [0.15, 0.2) is 11.4 Å². The molecule has 214 valence electrons. The highest BCUT2D eigenvalue weighted by Gasteiger charge is 2.39. The molecule has 1 aliphatic rings. The number of carbonyl (C=O) groups excluding carboxylic acids is 1. The minimum Gasteiger partial charge on any atom is -0.477 e. The van der Waals surface area contributed by atoms with Crippen molar-refractivity contribution in [2.75, 3.05) is 5.01 Å². The Bertz CT molecular complexity index is 1900. The van der Waals surface area contributed by atoms with Crippen molar-refractivity contribution >= 4 is 55.6 Å². The zero-order chi connectivity index (χ0) is 30.3. The zero-order valence-electron chi connectivity index (χ0n) is 20.3. The van der Waals surface area contributed by atoms with Gasteiger partial charge >= 0.3 is 11.9 Å². The first-order valence-corrected chi connectivity index (χ1v) is 14.0. The first kappa shape index (κ1) is 29.1. The molecule has 5 N–H and O–H groups in total. The fraction of sp³-hybridized carbons (Fsp3) is 0.0870. The number of anilines is 1. The number of carbonyl (C=O) groups is 3. The Morgan fingerprint density at radius 3 is 1.83 bits per heavy atom. The van der Waals surface area contributed by atoms with E-state index in [2.05, 4.69) is 10.2 Å². The topological polar surface area (TPSA) is 254 Å². The van der Waals surface area contributed by atoms with Gasteiger partial charge in [0.05, 0.1) is 32.6 Å². The van der Waals surface area contributed by atoms with Gasteiger partial charge in [-0.15, -0.1) is 0 Å². The molecular formula is C23H18N4O12S2. The molecule has 1 atom stereocenters. The smallest absolute Gasteiger partial charge is 0.354 e. The van der Waals surface area contributed by atoms with Crippen LogP contribution in [0.5, 0.6) is 0 Å². The van der Waals surface area contributed by atoms with Crippen LogP contribution in [-0.4, -0.2) is 69.5 Å². The number of nitrogens with one attached hydrogen (secondary N) is 1. The number of rotatable bonds is 9. The lowest BCUT2D eigenvalue weighted by atomic mass is 9.98. The van der Waals surface area contributed by atoms with Crippen molar-refractivity contribution < 1.29 is 50.5 Å². The monoisotopic (exact) mass is 606 g/mol. The van der Waals surface area contributed by atoms with Gasteiger partial charge < -0.3 is 10.2 Å². The molecule has 0 saturated carbocycles. The van der Waals surface area contributed by atoms with E-state index in [1.165, 1.54) is 6.08 Å². The summed E-state index contributed by atoms with van der Waals surface area (Å²) in [5, 5.41) is 26.0. The van der Waals surface area contributed by atoms with Crippen molar-refractivity contribution in [3.8, 4) is 5.69 Å². The van der Waals surface area contributed by atoms with Crippen LogP contribution in [0, 0.1) is 5.92 Å². The minimum atomic E-state index is -4.52. The number of hydrazone groups is 1. The predicted octanol–water partition coefficient (Wildman–Crippen LogP) is 0.864. The molecule has 0 fully saturated rings. The highest BCUT2D eigenvalue weighted by molar-refractivity contribution is 7.86. The van der Waals surface area contributed by atoms with Crippen molar-refractivity contribution in [1.82, 2.24) is 9.78 Å². The van der Waals surface area contributed by atoms with Crippen LogP contribution in [0.2, 0.25) is 0 Å². The number of hydrogen-bond donors (Lipinski definition) is 5. The lowest BCUT2D eigenvalue weighted by molar-refractivity contribution is -0.130. The highest BCUT2D eigenvalue weighted by Crippen LogP contribution is 2.27. The Morgan fingerprint density at radius 1 is 0.854 bits per heavy atom. The Hall–Kier alpha value is -4.91. The van der Waals surface area contributed by atoms with Crippen molar-refractivity contribution in [2.24, 2.45) is 11.0 Å². The van der Waals surface area contributed by atoms with Crippen molar-refractivity contribution in [3.05, 3.63) is 76.2 Å². The fourth-order valence-corrected chi connectivity index (χ4v) is 4.84. The van der Waals surface area contributed by atoms with Gasteiger partial charge in [-0.25, -0.2) is 14.3 Å². The molecule has 0 spiro atoms. The molecule has 4 rings (SSSR count). The second-order valence-electron chi connectivity index (χ2n) is 8.42. The van der Waals surface area contributed by atoms with Gasteiger partial charge in [0.25, 0.3) is 31.7 Å². The van der Waals surface area contributed by atoms with Gasteiger partial charge in [-0.2, -0.15) is 26.9 Å². The predicted molar refractivity (Wildman–Crippen MR) is 139 cm³/mol. The van der Waals surface area contributed by atoms with E-state index in [0.29, 0.717) is 0 Å². The summed E-state index contributed by atoms with van der Waals surface area (Å²) in [6, 6.07) is 8.51. The van der Waals surface area contributed by atoms with Gasteiger partial charge in [-0.3, -0.25) is 23.8 Å². The van der Waals surface area contributed by atoms with E-state index in [0.717, 1.165) is 64.3 Å². The molecule has 41 heavy (non-hydrogen) atoms. The van der Waals surface area contributed by atoms with E-state index >= 15 is 0 Å². The zero-order valence-corrected chi connectivity index (χ0v) is 21.9. The number of allylic oxidation sites excluding steroid dienone is 1. The van der Waals surface area contributed by atoms with E-state index in [1.807, 2.05) is 0 Å². The normalized spacial score (nSPS) is 15.9. The van der Waals surface area contributed by atoms with Crippen molar-refractivity contribution in [1.29, 1.82) is 0 Å². The molecule has 0 bridgehead atoms. The molecule has 2 aromatic carbocycles. The number of aromatic amines is 1. The van der Waals surface area contributed by atoms with Gasteiger partial charge in [0, 0.05) is 0 Å². The van der Waals surface area contributed by atoms with E-state index < -0.39 is 70.8 Å². The van der Waals surface area contributed by atoms with Crippen LogP contribution < -0.4 is 10.6 Å². The van der Waals surface area contributed by atoms with E-state index in [1.54, 1.807) is 0 Å². The molecule has 1 aromatic heterocycles. The summed E-state index contributed by atoms with van der Waals surface area (Å²) >= 11 is 0. The average molecular weight is 607 g/mol. The number of amides is 1. The Labute approximate surface area is 229 Å². The summed E-state index contributed by atoms with van der Waals surface area (Å²) in [5.41, 5.74) is -2.32. The van der Waals surface area contributed by atoms with Gasteiger partial charge in [-0.05, 0) is 55.0 Å². The highest BCUT2D eigenvalue weighted by atomic mass is 32.2. The standard InChI is InChI=1S/C23H18N4O12S2/c28-20-16(18(22(30)31)24-26(20)12-4-8-14(9-5-12)40(34,35)36)2-1-3-17-19(23(32)33)25-27(21(17)29)13-6-10-15(11-7-13)41(37,38)39/h1-2,4-11,17,24H,3H2,(H,30,31)(H,32,33)(H,34,35,36)(H,37,38,39). The first-order chi connectivity index (χ1) is 19.1. The summed E-state index contributed by atoms with van der Waals surface area (Å²) in [6.07, 6.45) is 1.95. The van der Waals surface area contributed by atoms with Crippen molar-refractivity contribution in [2.45, 2.75) is 16.2 Å². The number of H-pyrrole nitrogens is 1. The molecule has 3 aromatic rings. The van der Waals surface area contributed by atoms with E-state index in [9.17, 15) is 46.2 Å². The van der Waals surface area contributed by atoms with Crippen LogP contribution >= 0.6 is 0 Å². The molecular weight excluding hydrogens is 588 g/mol. The third-order valence-corrected chi connectivity index (χ3v) is 7.57. The van der Waals surface area contributed by atoms with E-state index in [4.69, 9.17) is 9.11 Å². The van der Waals surface area contributed by atoms with Gasteiger partial charge in [-0.1, -0.05) is 12.2 Å². The van der Waals surface area contributed by atoms with Crippen LogP contribution in [0.15, 0.2) is 74.3 Å². The molecule has 0 saturated heterocycles. The maximum absolute atomic E-state index is 13.0. The molecule has 0 radical (unpaired) electrons. The molecule has 1 aliphatic heterocycles. The second kappa shape index (κ2) is 10.6. The largest absolute Gasteiger partial charge is 0.477 e. The summed E-state index contributed by atoms with van der Waals surface area (Å²) in [5.74, 6) is -5.22. The molecule has 18 heteroatoms. The van der Waals surface area contributed by atoms with Gasteiger partial charge in [0.1, 0.15) is 0 Å². The minimum absolute atomic E-state index is 0.00864. The fourth-order valence-electron chi connectivity index (χ4n) is 3.88. The van der Waals surface area contributed by atoms with Crippen LogP contribution in [0.3, 0.4) is 0 Å². The lowest BCUT2D eigenvalue weighted by Crippen LogP contribution is -2.29. The SMILES string of the molecule is O=C(O)C1=NN(c2ccc(S(=O)(=O)O)cc2)C(=O)C1CC=Cc1c(C(=O)O)[nH]n(-c2ccc(S(=O)(=O)O)cc2)c1=O. The maximum Gasteiger partial charge on any atom is 0.354 e. The second-order valence-corrected chi connectivity index (χ2v) is 11.3. The quantitative estimate of drug-likeness (QED) is 0.213. The Morgan fingerprint density at radius 2 is 1.37 bits per heavy atom. The summed E-state index contributed by atoms with van der Waals surface area (Å²) in [4.78, 5) is 48.6. The maximum atomic E-state index is 13.0. The molecule has 1 amide bonds. The van der Waals surface area contributed by atoms with Crippen LogP contribution in [0.4, 0.5) is 5.69 Å². The van der Waals surface area contributed by atoms with Gasteiger partial charge in [0.2, 0.25) is 0 Å². The molecule has 0 aliphatic carbocycles. The Balaban J connectivity index is 1.62. The summed E-state index contributed by atoms with van der Waals surface area (Å²) in [7, 11) is -9.03. The number of aromatic carboxylic acids is 1. The number of hydrogen-bond acceptors (Lipinski definition) is 9. The number of carboxylic acids is 2. The average Bonchev–Trinajstić information content (AvgIpc) is 3.40. The third-order valence-electron chi connectivity index (χ3n) is 5.83. The third kappa shape index (κ3) is 5.84. The van der Waals surface area contributed by atoms with Crippen molar-refractivity contribution in [3.63, 3.8) is 0 Å². The number of aliphatic carboxylic acids is 1. The summed E-state index contributed by atoms with van der Waals surface area (Å²) < 4.78 is 64.0. The number of benzene rings is 2. The Kier molecular flexibility index (Phi) is 7.50. The van der Waals surface area contributed by atoms with Crippen LogP contribution in [0.1, 0.15) is 22.5 Å². The number of carboxylic acid groups (broad SMARTS) is 2. The van der Waals surface area contributed by atoms with Crippen LogP contribution in [0.25, 0.3) is 11.8 Å². The number of nitrogens with zero attached hydrogens (tertiary/aromatic N) is 3. The molecule has 16 nitrogen and oxygen atoms in total. The molecule has 2 heterocycles. The van der Waals surface area contributed by atoms with Crippen LogP contribution in [-0.2, 0) is 29.8 Å². The summed E-state index contributed by atoms with van der Waals surface area (Å²) in [6.45, 7) is 0. The molecule has 1 unspecified atom stereocenters. The lowest BCUT2D eigenvalue weighted by Gasteiger charge is -2.13. The number of aromatic nitrogens is 2. The first-order valence-electron chi connectivity index (χ1n) is 11.2.